The number of nitrogens with one attached hydrogen (secondary N) is 2. The van der Waals surface area contributed by atoms with Crippen LogP contribution in [0.2, 0.25) is 0 Å². The number of thiophene rings is 1. The number of hydrogen-bond acceptors (Lipinski definition) is 3. The maximum absolute atomic E-state index is 4.74. The molecule has 25 heavy (non-hydrogen) atoms. The highest BCUT2D eigenvalue weighted by molar-refractivity contribution is 7.11. The summed E-state index contributed by atoms with van der Waals surface area (Å²) in [5.41, 5.74) is 2.26. The summed E-state index contributed by atoms with van der Waals surface area (Å²) in [4.78, 5) is 11.5. The number of guanidine groups is 1. The van der Waals surface area contributed by atoms with Crippen LogP contribution in [0.25, 0.3) is 5.69 Å². The lowest BCUT2D eigenvalue weighted by Crippen LogP contribution is -2.36. The number of aromatic nitrogens is 2. The number of rotatable bonds is 6. The summed E-state index contributed by atoms with van der Waals surface area (Å²) in [6.07, 6.45) is 5.55. The fraction of sp³-hybridized carbons (Fsp3) is 0.263. The number of benzene rings is 1. The fourth-order valence-electron chi connectivity index (χ4n) is 2.55. The zero-order valence-electron chi connectivity index (χ0n) is 14.6. The van der Waals surface area contributed by atoms with Crippen molar-refractivity contribution >= 4 is 17.3 Å². The molecule has 1 aromatic carbocycles. The molecule has 6 heteroatoms. The van der Waals surface area contributed by atoms with Crippen LogP contribution in [-0.2, 0) is 13.1 Å². The van der Waals surface area contributed by atoms with E-state index >= 15 is 0 Å². The van der Waals surface area contributed by atoms with Crippen LogP contribution in [0, 0.1) is 6.92 Å². The highest BCUT2D eigenvalue weighted by Crippen LogP contribution is 2.16. The molecule has 2 aromatic heterocycles. The molecule has 0 atom stereocenters. The van der Waals surface area contributed by atoms with E-state index in [0.717, 1.165) is 30.3 Å². The van der Waals surface area contributed by atoms with Gasteiger partial charge in [0.2, 0.25) is 0 Å². The maximum Gasteiger partial charge on any atom is 0.191 e. The van der Waals surface area contributed by atoms with Gasteiger partial charge in [0.05, 0.1) is 25.1 Å². The Hall–Kier alpha value is -2.60. The molecule has 130 valence electrons. The van der Waals surface area contributed by atoms with Crippen LogP contribution in [-0.4, -0.2) is 22.1 Å². The number of nitrogens with zero attached hydrogens (tertiary/aromatic N) is 3. The van der Waals surface area contributed by atoms with Crippen LogP contribution < -0.4 is 10.6 Å². The van der Waals surface area contributed by atoms with E-state index in [1.807, 2.05) is 40.6 Å². The first-order valence-electron chi connectivity index (χ1n) is 8.40. The number of hydrogen-bond donors (Lipinski definition) is 2. The van der Waals surface area contributed by atoms with Crippen LogP contribution in [0.1, 0.15) is 22.2 Å². The Labute approximate surface area is 152 Å². The third-order valence-corrected chi connectivity index (χ3v) is 4.75. The quantitative estimate of drug-likeness (QED) is 0.527. The monoisotopic (exact) mass is 353 g/mol. The second-order valence-corrected chi connectivity index (χ2v) is 7.03. The SMILES string of the molecule is CCNC(=NCc1ccccc1-n1ccnc1)NCc1ccc(C)s1. The molecule has 0 bridgehead atoms. The largest absolute Gasteiger partial charge is 0.357 e. The first-order chi connectivity index (χ1) is 12.3. The van der Waals surface area contributed by atoms with Gasteiger partial charge in [0.1, 0.15) is 0 Å². The van der Waals surface area contributed by atoms with Gasteiger partial charge in [-0.05, 0) is 37.6 Å². The van der Waals surface area contributed by atoms with Crippen molar-refractivity contribution in [2.75, 3.05) is 6.54 Å². The second-order valence-electron chi connectivity index (χ2n) is 5.66. The minimum Gasteiger partial charge on any atom is -0.357 e. The van der Waals surface area contributed by atoms with E-state index in [0.29, 0.717) is 6.54 Å². The number of para-hydroxylation sites is 1. The number of aryl methyl sites for hydroxylation is 1. The predicted octanol–water partition coefficient (Wildman–Crippen LogP) is 3.50. The van der Waals surface area contributed by atoms with Crippen molar-refractivity contribution < 1.29 is 0 Å². The lowest BCUT2D eigenvalue weighted by Gasteiger charge is -2.12. The normalized spacial score (nSPS) is 11.5. The minimum absolute atomic E-state index is 0.604. The first-order valence-corrected chi connectivity index (χ1v) is 9.21. The van der Waals surface area contributed by atoms with Crippen LogP contribution in [0.15, 0.2) is 60.1 Å². The summed E-state index contributed by atoms with van der Waals surface area (Å²) in [5, 5.41) is 6.71. The van der Waals surface area contributed by atoms with Crippen molar-refractivity contribution in [3.05, 3.63) is 70.4 Å². The molecule has 0 saturated carbocycles. The third kappa shape index (κ3) is 4.70. The second kappa shape index (κ2) is 8.48. The molecule has 2 heterocycles. The van der Waals surface area contributed by atoms with Gasteiger partial charge >= 0.3 is 0 Å². The lowest BCUT2D eigenvalue weighted by molar-refractivity contribution is 0.822. The smallest absolute Gasteiger partial charge is 0.191 e. The van der Waals surface area contributed by atoms with Gasteiger partial charge in [-0.25, -0.2) is 9.98 Å². The average Bonchev–Trinajstić information content (AvgIpc) is 3.29. The molecule has 0 fully saturated rings. The average molecular weight is 353 g/mol. The van der Waals surface area contributed by atoms with Crippen LogP contribution in [0.3, 0.4) is 0 Å². The van der Waals surface area contributed by atoms with Crippen molar-refractivity contribution in [3.8, 4) is 5.69 Å². The van der Waals surface area contributed by atoms with E-state index in [4.69, 9.17) is 4.99 Å². The van der Waals surface area contributed by atoms with Crippen molar-refractivity contribution in [2.45, 2.75) is 26.9 Å². The Morgan fingerprint density at radius 3 is 2.80 bits per heavy atom. The molecule has 0 saturated heterocycles. The summed E-state index contributed by atoms with van der Waals surface area (Å²) in [5.74, 6) is 0.828. The molecule has 0 aliphatic heterocycles. The van der Waals surface area contributed by atoms with Gasteiger partial charge < -0.3 is 15.2 Å². The summed E-state index contributed by atoms with van der Waals surface area (Å²) < 4.78 is 2.01. The van der Waals surface area contributed by atoms with Crippen molar-refractivity contribution in [3.63, 3.8) is 0 Å². The van der Waals surface area contributed by atoms with Gasteiger partial charge in [-0.15, -0.1) is 11.3 Å². The van der Waals surface area contributed by atoms with E-state index in [1.54, 1.807) is 6.20 Å². The van der Waals surface area contributed by atoms with Gasteiger partial charge in [0.25, 0.3) is 0 Å². The Morgan fingerprint density at radius 1 is 1.20 bits per heavy atom. The van der Waals surface area contributed by atoms with Gasteiger partial charge in [0, 0.05) is 28.7 Å². The Balaban J connectivity index is 1.71. The molecule has 3 aromatic rings. The van der Waals surface area contributed by atoms with Crippen LogP contribution in [0.5, 0.6) is 0 Å². The van der Waals surface area contributed by atoms with E-state index < -0.39 is 0 Å². The molecule has 0 spiro atoms. The maximum atomic E-state index is 4.74. The topological polar surface area (TPSA) is 54.2 Å². The summed E-state index contributed by atoms with van der Waals surface area (Å²) in [6, 6.07) is 12.6. The molecule has 5 nitrogen and oxygen atoms in total. The molecular weight excluding hydrogens is 330 g/mol. The van der Waals surface area contributed by atoms with E-state index in [9.17, 15) is 0 Å². The Kier molecular flexibility index (Phi) is 5.85. The van der Waals surface area contributed by atoms with Crippen LogP contribution in [0.4, 0.5) is 0 Å². The summed E-state index contributed by atoms with van der Waals surface area (Å²) in [6.45, 7) is 6.42. The van der Waals surface area contributed by atoms with E-state index in [1.165, 1.54) is 9.75 Å². The number of aliphatic imine (C=N–C) groups is 1. The summed E-state index contributed by atoms with van der Waals surface area (Å²) in [7, 11) is 0. The highest BCUT2D eigenvalue weighted by atomic mass is 32.1. The number of imidazole rings is 1. The molecule has 2 N–H and O–H groups in total. The predicted molar refractivity (Wildman–Crippen MR) is 104 cm³/mol. The van der Waals surface area contributed by atoms with Crippen molar-refractivity contribution in [2.24, 2.45) is 4.99 Å². The lowest BCUT2D eigenvalue weighted by atomic mass is 10.2. The highest BCUT2D eigenvalue weighted by Gasteiger charge is 2.05. The van der Waals surface area contributed by atoms with Gasteiger partial charge in [-0.1, -0.05) is 18.2 Å². The molecule has 0 aliphatic rings. The zero-order chi connectivity index (χ0) is 17.5. The molecule has 0 radical (unpaired) electrons. The zero-order valence-corrected chi connectivity index (χ0v) is 15.4. The van der Waals surface area contributed by atoms with E-state index in [-0.39, 0.29) is 0 Å². The first kappa shape index (κ1) is 17.2. The van der Waals surface area contributed by atoms with Crippen molar-refractivity contribution in [1.29, 1.82) is 0 Å². The molecule has 0 amide bonds. The Morgan fingerprint density at radius 2 is 2.08 bits per heavy atom. The van der Waals surface area contributed by atoms with Gasteiger partial charge in [-0.2, -0.15) is 0 Å². The molecule has 3 rings (SSSR count). The molecule has 0 aliphatic carbocycles. The molecule has 0 unspecified atom stereocenters. The minimum atomic E-state index is 0.604. The van der Waals surface area contributed by atoms with Gasteiger partial charge in [-0.3, -0.25) is 0 Å². The molecular formula is C19H23N5S. The third-order valence-electron chi connectivity index (χ3n) is 3.75. The van der Waals surface area contributed by atoms with Crippen molar-refractivity contribution in [1.82, 2.24) is 20.2 Å². The Bertz CT molecular complexity index is 820. The summed E-state index contributed by atoms with van der Waals surface area (Å²) >= 11 is 1.81. The fourth-order valence-corrected chi connectivity index (χ4v) is 3.39. The van der Waals surface area contributed by atoms with E-state index in [2.05, 4.69) is 53.7 Å². The van der Waals surface area contributed by atoms with Crippen LogP contribution >= 0.6 is 11.3 Å². The van der Waals surface area contributed by atoms with Gasteiger partial charge in [0.15, 0.2) is 5.96 Å². The standard InChI is InChI=1S/C19H23N5S/c1-3-21-19(23-13-17-9-8-15(2)25-17)22-12-16-6-4-5-7-18(16)24-11-10-20-14-24/h4-11,14H,3,12-13H2,1-2H3,(H2,21,22,23).